The molecule has 0 aliphatic carbocycles. The largest absolute Gasteiger partial charge is 0.494 e. The molecule has 0 N–H and O–H groups in total. The van der Waals surface area contributed by atoms with Gasteiger partial charge in [0.2, 0.25) is 0 Å². The van der Waals surface area contributed by atoms with Crippen molar-refractivity contribution in [2.45, 2.75) is 6.92 Å². The second-order valence-electron chi connectivity index (χ2n) is 2.41. The van der Waals surface area contributed by atoms with E-state index >= 15 is 0 Å². The summed E-state index contributed by atoms with van der Waals surface area (Å²) in [5, 5.41) is 0. The van der Waals surface area contributed by atoms with Crippen LogP contribution in [-0.4, -0.2) is 13.4 Å². The molecule has 0 heterocycles. The monoisotopic (exact) mass is 168 g/mol. The molecule has 1 aromatic rings. The van der Waals surface area contributed by atoms with Gasteiger partial charge in [0.15, 0.2) is 11.6 Å². The Morgan fingerprint density at radius 3 is 2.67 bits per heavy atom. The number of benzene rings is 1. The molecule has 12 heavy (non-hydrogen) atoms. The van der Waals surface area contributed by atoms with Gasteiger partial charge in [-0.2, -0.15) is 0 Å². The number of hydrogen-bond donors (Lipinski definition) is 0. The molecule has 0 fully saturated rings. The summed E-state index contributed by atoms with van der Waals surface area (Å²) in [6.07, 6.45) is 0.623. The highest BCUT2D eigenvalue weighted by atomic mass is 19.1. The van der Waals surface area contributed by atoms with Gasteiger partial charge in [0.05, 0.1) is 7.11 Å². The summed E-state index contributed by atoms with van der Waals surface area (Å²) >= 11 is 0. The zero-order chi connectivity index (χ0) is 9.14. The molecule has 0 saturated carbocycles. The first-order valence-electron chi connectivity index (χ1n) is 3.49. The normalized spacial score (nSPS) is 9.58. The summed E-state index contributed by atoms with van der Waals surface area (Å²) in [5.74, 6) is -0.305. The first kappa shape index (κ1) is 8.71. The second kappa shape index (κ2) is 3.34. The maximum Gasteiger partial charge on any atom is 0.168 e. The molecule has 0 amide bonds. The fourth-order valence-electron chi connectivity index (χ4n) is 0.960. The summed E-state index contributed by atoms with van der Waals surface area (Å²) in [5.41, 5.74) is 0.678. The summed E-state index contributed by atoms with van der Waals surface area (Å²) in [6, 6.07) is 2.97. The molecule has 3 heteroatoms. The SMILES string of the molecule is COc1ccc(C=O)c(C)c1F. The van der Waals surface area contributed by atoms with Crippen molar-refractivity contribution < 1.29 is 13.9 Å². The van der Waals surface area contributed by atoms with Crippen molar-refractivity contribution in [2.24, 2.45) is 0 Å². The van der Waals surface area contributed by atoms with Crippen LogP contribution in [-0.2, 0) is 0 Å². The van der Waals surface area contributed by atoms with E-state index in [4.69, 9.17) is 4.74 Å². The molecule has 0 atom stereocenters. The molecule has 0 aliphatic rings. The average Bonchev–Trinajstić information content (AvgIpc) is 2.10. The van der Waals surface area contributed by atoms with Crippen molar-refractivity contribution in [3.05, 3.63) is 29.1 Å². The Kier molecular flexibility index (Phi) is 2.43. The fourth-order valence-corrected chi connectivity index (χ4v) is 0.960. The molecule has 2 nitrogen and oxygen atoms in total. The Labute approximate surface area is 70.0 Å². The van der Waals surface area contributed by atoms with E-state index in [1.54, 1.807) is 6.92 Å². The Morgan fingerprint density at radius 2 is 2.17 bits per heavy atom. The smallest absolute Gasteiger partial charge is 0.168 e. The molecular formula is C9H9FO2. The minimum Gasteiger partial charge on any atom is -0.494 e. The number of hydrogen-bond acceptors (Lipinski definition) is 2. The topological polar surface area (TPSA) is 26.3 Å². The van der Waals surface area contributed by atoms with Gasteiger partial charge in [-0.3, -0.25) is 4.79 Å². The van der Waals surface area contributed by atoms with E-state index in [0.717, 1.165) is 0 Å². The highest BCUT2D eigenvalue weighted by Crippen LogP contribution is 2.21. The first-order valence-corrected chi connectivity index (χ1v) is 3.49. The predicted octanol–water partition coefficient (Wildman–Crippen LogP) is 1.96. The first-order chi connectivity index (χ1) is 5.70. The Bertz CT molecular complexity index is 308. The maximum absolute atomic E-state index is 13.2. The highest BCUT2D eigenvalue weighted by molar-refractivity contribution is 5.77. The molecule has 0 spiro atoms. The van der Waals surface area contributed by atoms with Crippen molar-refractivity contribution in [1.29, 1.82) is 0 Å². The number of carbonyl (C=O) groups excluding carboxylic acids is 1. The molecule has 0 aliphatic heterocycles. The van der Waals surface area contributed by atoms with Gasteiger partial charge >= 0.3 is 0 Å². The zero-order valence-electron chi connectivity index (χ0n) is 6.93. The fraction of sp³-hybridized carbons (Fsp3) is 0.222. The van der Waals surface area contributed by atoms with E-state index < -0.39 is 5.82 Å². The minimum absolute atomic E-state index is 0.165. The summed E-state index contributed by atoms with van der Waals surface area (Å²) in [6.45, 7) is 1.54. The lowest BCUT2D eigenvalue weighted by Gasteiger charge is -2.05. The summed E-state index contributed by atoms with van der Waals surface area (Å²) in [7, 11) is 1.39. The van der Waals surface area contributed by atoms with Gasteiger partial charge < -0.3 is 4.74 Å². The van der Waals surface area contributed by atoms with Crippen LogP contribution >= 0.6 is 0 Å². The maximum atomic E-state index is 13.2. The van der Waals surface area contributed by atoms with Crippen molar-refractivity contribution in [1.82, 2.24) is 0 Å². The molecule has 0 radical (unpaired) electrons. The standard InChI is InChI=1S/C9H9FO2/c1-6-7(5-11)3-4-8(12-2)9(6)10/h3-5H,1-2H3. The van der Waals surface area contributed by atoms with E-state index in [0.29, 0.717) is 17.4 Å². The van der Waals surface area contributed by atoms with Crippen LogP contribution < -0.4 is 4.74 Å². The molecule has 64 valence electrons. The van der Waals surface area contributed by atoms with E-state index in [1.807, 2.05) is 0 Å². The van der Waals surface area contributed by atoms with Gasteiger partial charge in [0.25, 0.3) is 0 Å². The van der Waals surface area contributed by atoms with Gasteiger partial charge in [-0.25, -0.2) is 4.39 Å². The molecule has 1 rings (SSSR count). The van der Waals surface area contributed by atoms with Crippen LogP contribution in [0.2, 0.25) is 0 Å². The quantitative estimate of drug-likeness (QED) is 0.631. The van der Waals surface area contributed by atoms with Gasteiger partial charge in [0.1, 0.15) is 6.29 Å². The Morgan fingerprint density at radius 1 is 1.50 bits per heavy atom. The van der Waals surface area contributed by atoms with Crippen molar-refractivity contribution >= 4 is 6.29 Å². The van der Waals surface area contributed by atoms with Crippen molar-refractivity contribution in [2.75, 3.05) is 7.11 Å². The van der Waals surface area contributed by atoms with Gasteiger partial charge in [-0.15, -0.1) is 0 Å². The molecule has 0 saturated heterocycles. The van der Waals surface area contributed by atoms with E-state index in [2.05, 4.69) is 0 Å². The van der Waals surface area contributed by atoms with Crippen LogP contribution in [0.5, 0.6) is 5.75 Å². The number of methoxy groups -OCH3 is 1. The summed E-state index contributed by atoms with van der Waals surface area (Å²) < 4.78 is 17.9. The van der Waals surface area contributed by atoms with Gasteiger partial charge in [0, 0.05) is 5.56 Å². The molecule has 0 unspecified atom stereocenters. The highest BCUT2D eigenvalue weighted by Gasteiger charge is 2.08. The lowest BCUT2D eigenvalue weighted by atomic mass is 10.1. The van der Waals surface area contributed by atoms with Crippen molar-refractivity contribution in [3.8, 4) is 5.75 Å². The third kappa shape index (κ3) is 1.30. The zero-order valence-corrected chi connectivity index (χ0v) is 6.93. The second-order valence-corrected chi connectivity index (χ2v) is 2.41. The van der Waals surface area contributed by atoms with Crippen LogP contribution in [0, 0.1) is 12.7 Å². The van der Waals surface area contributed by atoms with Crippen LogP contribution in [0.4, 0.5) is 4.39 Å². The third-order valence-electron chi connectivity index (χ3n) is 1.74. The molecular weight excluding hydrogens is 159 g/mol. The van der Waals surface area contributed by atoms with Crippen LogP contribution in [0.15, 0.2) is 12.1 Å². The van der Waals surface area contributed by atoms with E-state index in [9.17, 15) is 9.18 Å². The number of aldehydes is 1. The predicted molar refractivity (Wildman–Crippen MR) is 43.1 cm³/mol. The number of carbonyl (C=O) groups is 1. The minimum atomic E-state index is -0.470. The van der Waals surface area contributed by atoms with Crippen LogP contribution in [0.1, 0.15) is 15.9 Å². The van der Waals surface area contributed by atoms with Gasteiger partial charge in [-0.05, 0) is 24.6 Å². The lowest BCUT2D eigenvalue weighted by molar-refractivity contribution is 0.112. The lowest BCUT2D eigenvalue weighted by Crippen LogP contribution is -1.95. The Balaban J connectivity index is 3.29. The average molecular weight is 168 g/mol. The van der Waals surface area contributed by atoms with Crippen LogP contribution in [0.25, 0.3) is 0 Å². The van der Waals surface area contributed by atoms with E-state index in [1.165, 1.54) is 19.2 Å². The summed E-state index contributed by atoms with van der Waals surface area (Å²) in [4.78, 5) is 10.4. The number of halogens is 1. The number of rotatable bonds is 2. The van der Waals surface area contributed by atoms with Crippen molar-refractivity contribution in [3.63, 3.8) is 0 Å². The van der Waals surface area contributed by atoms with Crippen LogP contribution in [0.3, 0.4) is 0 Å². The molecule has 0 aromatic heterocycles. The Hall–Kier alpha value is -1.38. The third-order valence-corrected chi connectivity index (χ3v) is 1.74. The molecule has 0 bridgehead atoms. The van der Waals surface area contributed by atoms with E-state index in [-0.39, 0.29) is 5.75 Å². The molecule has 1 aromatic carbocycles. The van der Waals surface area contributed by atoms with Gasteiger partial charge in [-0.1, -0.05) is 0 Å². The number of ether oxygens (including phenoxy) is 1.